The van der Waals surface area contributed by atoms with Gasteiger partial charge >= 0.3 is 5.97 Å². The Labute approximate surface area is 119 Å². The van der Waals surface area contributed by atoms with Crippen LogP contribution in [0.3, 0.4) is 0 Å². The number of esters is 1. The lowest BCUT2D eigenvalue weighted by atomic mass is 10.0. The van der Waals surface area contributed by atoms with Crippen molar-refractivity contribution in [2.75, 3.05) is 6.61 Å². The highest BCUT2D eigenvalue weighted by molar-refractivity contribution is 5.78. The summed E-state index contributed by atoms with van der Waals surface area (Å²) in [5, 5.41) is 0. The first-order chi connectivity index (χ1) is 8.85. The molecule has 1 fully saturated rings. The Bertz CT molecular complexity index is 278. The summed E-state index contributed by atoms with van der Waals surface area (Å²) >= 11 is 0. The van der Waals surface area contributed by atoms with Gasteiger partial charge < -0.3 is 4.74 Å². The topological polar surface area (TPSA) is 26.3 Å². The fourth-order valence-electron chi connectivity index (χ4n) is 3.10. The van der Waals surface area contributed by atoms with E-state index in [2.05, 4.69) is 34.6 Å². The zero-order valence-corrected chi connectivity index (χ0v) is 13.6. The van der Waals surface area contributed by atoms with E-state index in [-0.39, 0.29) is 22.7 Å². The maximum atomic E-state index is 12.0. The molecular formula is C17H32O2. The van der Waals surface area contributed by atoms with Gasteiger partial charge in [-0.2, -0.15) is 0 Å². The van der Waals surface area contributed by atoms with Crippen LogP contribution in [-0.4, -0.2) is 12.6 Å². The van der Waals surface area contributed by atoms with E-state index < -0.39 is 0 Å². The third-order valence-corrected chi connectivity index (χ3v) is 5.25. The second-order valence-electron chi connectivity index (χ2n) is 7.17. The monoisotopic (exact) mass is 268 g/mol. The van der Waals surface area contributed by atoms with E-state index in [4.69, 9.17) is 4.74 Å². The minimum absolute atomic E-state index is 0.0148. The van der Waals surface area contributed by atoms with Crippen molar-refractivity contribution in [2.24, 2.45) is 16.7 Å². The van der Waals surface area contributed by atoms with Crippen LogP contribution in [0.15, 0.2) is 0 Å². The van der Waals surface area contributed by atoms with Crippen molar-refractivity contribution in [3.63, 3.8) is 0 Å². The maximum absolute atomic E-state index is 12.0. The molecule has 2 nitrogen and oxygen atoms in total. The molecule has 1 saturated carbocycles. The molecule has 0 spiro atoms. The van der Waals surface area contributed by atoms with Crippen molar-refractivity contribution in [1.29, 1.82) is 0 Å². The first-order valence-electron chi connectivity index (χ1n) is 8.02. The van der Waals surface area contributed by atoms with E-state index in [1.54, 1.807) is 0 Å². The Balaban J connectivity index is 2.04. The third-order valence-electron chi connectivity index (χ3n) is 5.25. The number of hydrogen-bond acceptors (Lipinski definition) is 2. The van der Waals surface area contributed by atoms with Gasteiger partial charge in [0, 0.05) is 0 Å². The molecule has 0 amide bonds. The highest BCUT2D eigenvalue weighted by atomic mass is 16.5. The predicted octanol–water partition coefficient (Wildman–Crippen LogP) is 4.96. The highest BCUT2D eigenvalue weighted by Crippen LogP contribution is 2.68. The number of unbranched alkanes of at least 4 members (excludes halogenated alkanes) is 6. The largest absolute Gasteiger partial charge is 0.465 e. The van der Waals surface area contributed by atoms with E-state index in [0.717, 1.165) is 6.42 Å². The molecule has 19 heavy (non-hydrogen) atoms. The molecule has 0 bridgehead atoms. The maximum Gasteiger partial charge on any atom is 0.310 e. The second-order valence-corrected chi connectivity index (χ2v) is 7.17. The number of carbonyl (C=O) groups excluding carboxylic acids is 1. The molecule has 2 heteroatoms. The first kappa shape index (κ1) is 16.5. The van der Waals surface area contributed by atoms with Crippen molar-refractivity contribution in [1.82, 2.24) is 0 Å². The van der Waals surface area contributed by atoms with E-state index in [1.807, 2.05) is 0 Å². The van der Waals surface area contributed by atoms with Crippen LogP contribution in [-0.2, 0) is 9.53 Å². The minimum atomic E-state index is 0.0148. The molecule has 0 aromatic heterocycles. The molecule has 0 radical (unpaired) electrons. The Morgan fingerprint density at radius 3 is 1.84 bits per heavy atom. The van der Waals surface area contributed by atoms with Crippen molar-refractivity contribution in [3.05, 3.63) is 0 Å². The van der Waals surface area contributed by atoms with Gasteiger partial charge in [0.1, 0.15) is 0 Å². The molecule has 1 aliphatic rings. The van der Waals surface area contributed by atoms with Gasteiger partial charge in [0.15, 0.2) is 0 Å². The molecule has 1 aliphatic carbocycles. The SMILES string of the molecule is CCCCCCCCCOC(=O)C1C(C)(C)C1(C)C. The zero-order chi connectivity index (χ0) is 14.5. The van der Waals surface area contributed by atoms with Crippen LogP contribution in [0, 0.1) is 16.7 Å². The van der Waals surface area contributed by atoms with Crippen LogP contribution in [0.4, 0.5) is 0 Å². The van der Waals surface area contributed by atoms with Crippen molar-refractivity contribution >= 4 is 5.97 Å². The van der Waals surface area contributed by atoms with E-state index in [9.17, 15) is 4.79 Å². The zero-order valence-electron chi connectivity index (χ0n) is 13.6. The summed E-state index contributed by atoms with van der Waals surface area (Å²) in [6.07, 6.45) is 8.80. The van der Waals surface area contributed by atoms with Gasteiger partial charge in [-0.05, 0) is 17.3 Å². The summed E-state index contributed by atoms with van der Waals surface area (Å²) < 4.78 is 5.43. The van der Waals surface area contributed by atoms with Crippen molar-refractivity contribution in [3.8, 4) is 0 Å². The number of carbonyl (C=O) groups is 1. The molecule has 0 unspecified atom stereocenters. The third kappa shape index (κ3) is 3.97. The Morgan fingerprint density at radius 2 is 1.37 bits per heavy atom. The minimum Gasteiger partial charge on any atom is -0.465 e. The molecule has 0 N–H and O–H groups in total. The normalized spacial score (nSPS) is 20.3. The number of rotatable bonds is 9. The standard InChI is InChI=1S/C17H32O2/c1-6-7-8-9-10-11-12-13-19-15(18)14-16(2,3)17(14,4)5/h14H,6-13H2,1-5H3. The fraction of sp³-hybridized carbons (Fsp3) is 0.941. The van der Waals surface area contributed by atoms with E-state index >= 15 is 0 Å². The molecular weight excluding hydrogens is 236 g/mol. The van der Waals surface area contributed by atoms with Crippen LogP contribution >= 0.6 is 0 Å². The van der Waals surface area contributed by atoms with Crippen LogP contribution in [0.1, 0.15) is 79.6 Å². The molecule has 0 atom stereocenters. The van der Waals surface area contributed by atoms with Gasteiger partial charge in [-0.25, -0.2) is 0 Å². The highest BCUT2D eigenvalue weighted by Gasteiger charge is 2.69. The summed E-state index contributed by atoms with van der Waals surface area (Å²) in [5.41, 5.74) is 0.203. The van der Waals surface area contributed by atoms with E-state index in [1.165, 1.54) is 38.5 Å². The lowest BCUT2D eigenvalue weighted by Gasteiger charge is -2.06. The molecule has 0 heterocycles. The molecule has 0 saturated heterocycles. The molecule has 0 aromatic carbocycles. The van der Waals surface area contributed by atoms with Crippen LogP contribution < -0.4 is 0 Å². The average Bonchev–Trinajstić information content (AvgIpc) is 2.73. The summed E-state index contributed by atoms with van der Waals surface area (Å²) in [5.74, 6) is 0.102. The fourth-order valence-corrected chi connectivity index (χ4v) is 3.10. The average molecular weight is 268 g/mol. The van der Waals surface area contributed by atoms with E-state index in [0.29, 0.717) is 6.61 Å². The smallest absolute Gasteiger partial charge is 0.310 e. The lowest BCUT2D eigenvalue weighted by Crippen LogP contribution is -2.12. The molecule has 112 valence electrons. The quantitative estimate of drug-likeness (QED) is 0.436. The van der Waals surface area contributed by atoms with Gasteiger partial charge in [0.2, 0.25) is 0 Å². The Kier molecular flexibility index (Phi) is 5.88. The summed E-state index contributed by atoms with van der Waals surface area (Å²) in [4.78, 5) is 12.0. The predicted molar refractivity (Wildman–Crippen MR) is 80.0 cm³/mol. The Hall–Kier alpha value is -0.530. The van der Waals surface area contributed by atoms with Crippen molar-refractivity contribution < 1.29 is 9.53 Å². The summed E-state index contributed by atoms with van der Waals surface area (Å²) in [6.45, 7) is 11.5. The lowest BCUT2D eigenvalue weighted by molar-refractivity contribution is -0.146. The Morgan fingerprint density at radius 1 is 0.895 bits per heavy atom. The molecule has 0 aromatic rings. The van der Waals surface area contributed by atoms with Crippen LogP contribution in [0.2, 0.25) is 0 Å². The van der Waals surface area contributed by atoms with Crippen LogP contribution in [0.25, 0.3) is 0 Å². The van der Waals surface area contributed by atoms with Gasteiger partial charge in [-0.3, -0.25) is 4.79 Å². The second kappa shape index (κ2) is 6.76. The number of hydrogen-bond donors (Lipinski definition) is 0. The van der Waals surface area contributed by atoms with Crippen molar-refractivity contribution in [2.45, 2.75) is 79.6 Å². The van der Waals surface area contributed by atoms with Gasteiger partial charge in [0.05, 0.1) is 12.5 Å². The number of ether oxygens (including phenoxy) is 1. The summed E-state index contributed by atoms with van der Waals surface area (Å²) in [6, 6.07) is 0. The molecule has 0 aliphatic heterocycles. The van der Waals surface area contributed by atoms with Crippen LogP contribution in [0.5, 0.6) is 0 Å². The van der Waals surface area contributed by atoms with Gasteiger partial charge in [-0.15, -0.1) is 0 Å². The molecule has 1 rings (SSSR count). The first-order valence-corrected chi connectivity index (χ1v) is 8.02. The van der Waals surface area contributed by atoms with Gasteiger partial charge in [0.25, 0.3) is 0 Å². The van der Waals surface area contributed by atoms with Gasteiger partial charge in [-0.1, -0.05) is 73.1 Å². The summed E-state index contributed by atoms with van der Waals surface area (Å²) in [7, 11) is 0.